The van der Waals surface area contributed by atoms with Crippen molar-refractivity contribution in [1.82, 2.24) is 20.1 Å². The summed E-state index contributed by atoms with van der Waals surface area (Å²) in [5.41, 5.74) is 1.07. The van der Waals surface area contributed by atoms with Gasteiger partial charge in [-0.2, -0.15) is 0 Å². The Bertz CT molecular complexity index is 871. The minimum Gasteiger partial charge on any atom is -0.466 e. The number of carbonyl (C=O) groups is 2. The van der Waals surface area contributed by atoms with Crippen LogP contribution in [0.5, 0.6) is 0 Å². The predicted octanol–water partition coefficient (Wildman–Crippen LogP) is 3.47. The molecular weight excluding hydrogens is 412 g/mol. The summed E-state index contributed by atoms with van der Waals surface area (Å²) in [4.78, 5) is 24.6. The van der Waals surface area contributed by atoms with E-state index in [0.29, 0.717) is 36.0 Å². The quantitative estimate of drug-likeness (QED) is 0.471. The second-order valence-electron chi connectivity index (χ2n) is 8.18. The Hall–Kier alpha value is -2.35. The van der Waals surface area contributed by atoms with Crippen LogP contribution in [0.1, 0.15) is 51.4 Å². The van der Waals surface area contributed by atoms with Gasteiger partial charge in [0.05, 0.1) is 18.9 Å². The summed E-state index contributed by atoms with van der Waals surface area (Å²) in [6.07, 6.45) is 3.48. The topological polar surface area (TPSA) is 86.1 Å². The van der Waals surface area contributed by atoms with E-state index >= 15 is 0 Å². The standard InChI is InChI=1S/C23H32N4O3S/c1-4-30-22(29)13-20-25-26-23(27(20)14-18-10-6-5-7-11-18)31-15-21(28)24-19-12-8-9-16(2)17(19)3/h5-7,10-11,16-17,19H,4,8-9,12-15H2,1-3H3,(H,24,28)/t16-,17+,19+/m0/s1. The smallest absolute Gasteiger partial charge is 0.313 e. The molecule has 1 aliphatic rings. The van der Waals surface area contributed by atoms with Crippen LogP contribution in [0.25, 0.3) is 0 Å². The fraction of sp³-hybridized carbons (Fsp3) is 0.565. The van der Waals surface area contributed by atoms with Gasteiger partial charge in [-0.05, 0) is 30.7 Å². The first-order chi connectivity index (χ1) is 15.0. The van der Waals surface area contributed by atoms with Gasteiger partial charge in [-0.25, -0.2) is 0 Å². The fourth-order valence-electron chi connectivity index (χ4n) is 3.99. The monoisotopic (exact) mass is 444 g/mol. The number of amides is 1. The molecule has 0 unspecified atom stereocenters. The molecule has 0 bridgehead atoms. The van der Waals surface area contributed by atoms with Crippen LogP contribution in [0.3, 0.4) is 0 Å². The number of hydrogen-bond donors (Lipinski definition) is 1. The number of rotatable bonds is 9. The van der Waals surface area contributed by atoms with Crippen molar-refractivity contribution in [2.75, 3.05) is 12.4 Å². The molecule has 1 amide bonds. The molecule has 0 radical (unpaired) electrons. The van der Waals surface area contributed by atoms with Crippen LogP contribution in [-0.2, 0) is 27.3 Å². The van der Waals surface area contributed by atoms with Crippen LogP contribution < -0.4 is 5.32 Å². The zero-order valence-corrected chi connectivity index (χ0v) is 19.4. The molecule has 0 spiro atoms. The Labute approximate surface area is 188 Å². The lowest BCUT2D eigenvalue weighted by molar-refractivity contribution is -0.142. The largest absolute Gasteiger partial charge is 0.466 e. The number of aromatic nitrogens is 3. The molecule has 1 heterocycles. The maximum Gasteiger partial charge on any atom is 0.313 e. The number of carbonyl (C=O) groups excluding carboxylic acids is 2. The molecule has 0 aliphatic heterocycles. The number of hydrogen-bond acceptors (Lipinski definition) is 6. The van der Waals surface area contributed by atoms with Gasteiger partial charge in [-0.15, -0.1) is 10.2 Å². The van der Waals surface area contributed by atoms with Crippen LogP contribution in [0.2, 0.25) is 0 Å². The Balaban J connectivity index is 1.67. The lowest BCUT2D eigenvalue weighted by Crippen LogP contribution is -2.44. The number of thioether (sulfide) groups is 1. The number of nitrogens with zero attached hydrogens (tertiary/aromatic N) is 3. The van der Waals surface area contributed by atoms with Crippen molar-refractivity contribution >= 4 is 23.6 Å². The average Bonchev–Trinajstić information content (AvgIpc) is 3.12. The van der Waals surface area contributed by atoms with Crippen molar-refractivity contribution in [2.45, 2.75) is 64.2 Å². The van der Waals surface area contributed by atoms with E-state index in [9.17, 15) is 9.59 Å². The summed E-state index contributed by atoms with van der Waals surface area (Å²) < 4.78 is 6.97. The molecule has 3 rings (SSSR count). The fourth-order valence-corrected chi connectivity index (χ4v) is 4.75. The number of ether oxygens (including phenoxy) is 1. The minimum atomic E-state index is -0.334. The van der Waals surface area contributed by atoms with Crippen LogP contribution in [0.15, 0.2) is 35.5 Å². The van der Waals surface area contributed by atoms with Crippen molar-refractivity contribution in [3.8, 4) is 0 Å². The molecule has 1 aromatic carbocycles. The molecule has 2 aromatic rings. The summed E-state index contributed by atoms with van der Waals surface area (Å²) in [6, 6.07) is 10.2. The third kappa shape index (κ3) is 6.56. The predicted molar refractivity (Wildman–Crippen MR) is 121 cm³/mol. The molecule has 168 valence electrons. The van der Waals surface area contributed by atoms with Crippen molar-refractivity contribution in [2.24, 2.45) is 11.8 Å². The van der Waals surface area contributed by atoms with Crippen molar-refractivity contribution in [1.29, 1.82) is 0 Å². The van der Waals surface area contributed by atoms with E-state index in [1.807, 2.05) is 34.9 Å². The van der Waals surface area contributed by atoms with Crippen LogP contribution in [0, 0.1) is 11.8 Å². The highest BCUT2D eigenvalue weighted by atomic mass is 32.2. The Kier molecular flexibility index (Phi) is 8.51. The molecule has 1 N–H and O–H groups in total. The lowest BCUT2D eigenvalue weighted by Gasteiger charge is -2.34. The summed E-state index contributed by atoms with van der Waals surface area (Å²) in [5.74, 6) is 1.60. The van der Waals surface area contributed by atoms with E-state index in [1.165, 1.54) is 18.2 Å². The van der Waals surface area contributed by atoms with Gasteiger partial charge < -0.3 is 14.6 Å². The molecule has 31 heavy (non-hydrogen) atoms. The minimum absolute atomic E-state index is 0.0113. The highest BCUT2D eigenvalue weighted by Gasteiger charge is 2.28. The SMILES string of the molecule is CCOC(=O)Cc1nnc(SCC(=O)N[C@@H]2CCC[C@H](C)[C@H]2C)n1Cc1ccccc1. The van der Waals surface area contributed by atoms with E-state index in [2.05, 4.69) is 29.4 Å². The third-order valence-electron chi connectivity index (χ3n) is 5.97. The van der Waals surface area contributed by atoms with Crippen LogP contribution in [-0.4, -0.2) is 45.0 Å². The zero-order valence-electron chi connectivity index (χ0n) is 18.5. The average molecular weight is 445 g/mol. The highest BCUT2D eigenvalue weighted by Crippen LogP contribution is 2.29. The number of nitrogens with one attached hydrogen (secondary N) is 1. The summed E-state index contributed by atoms with van der Waals surface area (Å²) in [5, 5.41) is 12.3. The lowest BCUT2D eigenvalue weighted by atomic mass is 9.78. The Morgan fingerprint density at radius 2 is 1.97 bits per heavy atom. The summed E-state index contributed by atoms with van der Waals surface area (Å²) in [6.45, 7) is 7.12. The van der Waals surface area contributed by atoms with Crippen molar-refractivity contribution < 1.29 is 14.3 Å². The molecule has 1 aromatic heterocycles. The van der Waals surface area contributed by atoms with E-state index < -0.39 is 0 Å². The van der Waals surface area contributed by atoms with Crippen LogP contribution >= 0.6 is 11.8 Å². The van der Waals surface area contributed by atoms with Gasteiger partial charge in [-0.3, -0.25) is 9.59 Å². The first kappa shape index (κ1) is 23.3. The molecule has 0 saturated heterocycles. The van der Waals surface area contributed by atoms with Crippen molar-refractivity contribution in [3.63, 3.8) is 0 Å². The van der Waals surface area contributed by atoms with Gasteiger partial charge in [0.15, 0.2) is 5.16 Å². The molecule has 3 atom stereocenters. The number of esters is 1. The summed E-state index contributed by atoms with van der Waals surface area (Å²) >= 11 is 1.35. The molecular formula is C23H32N4O3S. The Morgan fingerprint density at radius 3 is 2.71 bits per heavy atom. The third-order valence-corrected chi connectivity index (χ3v) is 6.94. The molecule has 8 heteroatoms. The Morgan fingerprint density at radius 1 is 1.19 bits per heavy atom. The van der Waals surface area contributed by atoms with E-state index in [1.54, 1.807) is 6.92 Å². The van der Waals surface area contributed by atoms with Gasteiger partial charge >= 0.3 is 5.97 Å². The van der Waals surface area contributed by atoms with E-state index in [0.717, 1.165) is 18.4 Å². The molecule has 1 fully saturated rings. The van der Waals surface area contributed by atoms with Gasteiger partial charge in [0, 0.05) is 6.04 Å². The van der Waals surface area contributed by atoms with Gasteiger partial charge in [0.25, 0.3) is 0 Å². The first-order valence-corrected chi connectivity index (χ1v) is 12.0. The highest BCUT2D eigenvalue weighted by molar-refractivity contribution is 7.99. The van der Waals surface area contributed by atoms with Crippen molar-refractivity contribution in [3.05, 3.63) is 41.7 Å². The van der Waals surface area contributed by atoms with Gasteiger partial charge in [-0.1, -0.05) is 68.8 Å². The molecule has 1 saturated carbocycles. The summed E-state index contributed by atoms with van der Waals surface area (Å²) in [7, 11) is 0. The maximum atomic E-state index is 12.6. The first-order valence-electron chi connectivity index (χ1n) is 11.0. The molecule has 1 aliphatic carbocycles. The second kappa shape index (κ2) is 11.3. The zero-order chi connectivity index (χ0) is 22.2. The van der Waals surface area contributed by atoms with Gasteiger partial charge in [0.1, 0.15) is 12.2 Å². The van der Waals surface area contributed by atoms with Gasteiger partial charge in [0.2, 0.25) is 5.91 Å². The maximum absolute atomic E-state index is 12.6. The van der Waals surface area contributed by atoms with E-state index in [-0.39, 0.29) is 30.1 Å². The normalized spacial score (nSPS) is 20.9. The van der Waals surface area contributed by atoms with Crippen LogP contribution in [0.4, 0.5) is 0 Å². The van der Waals surface area contributed by atoms with E-state index in [4.69, 9.17) is 4.74 Å². The number of benzene rings is 1. The molecule has 7 nitrogen and oxygen atoms in total. The second-order valence-corrected chi connectivity index (χ2v) is 9.12.